The molecule has 2 rings (SSSR count). The van der Waals surface area contributed by atoms with E-state index in [1.54, 1.807) is 0 Å². The van der Waals surface area contributed by atoms with Crippen molar-refractivity contribution < 1.29 is 0 Å². The molecule has 18 heavy (non-hydrogen) atoms. The molecule has 2 aliphatic heterocycles. The summed E-state index contributed by atoms with van der Waals surface area (Å²) in [5.41, 5.74) is 0. The monoisotopic (exact) mass is 254 g/mol. The van der Waals surface area contributed by atoms with E-state index in [-0.39, 0.29) is 0 Å². The number of piperidine rings is 1. The zero-order chi connectivity index (χ0) is 13.0. The molecule has 0 spiro atoms. The van der Waals surface area contributed by atoms with Gasteiger partial charge in [-0.15, -0.1) is 0 Å². The Hall–Kier alpha value is -0.160. The van der Waals surface area contributed by atoms with Crippen LogP contribution in [0.1, 0.15) is 19.8 Å². The molecule has 0 radical (unpaired) electrons. The Morgan fingerprint density at radius 1 is 1.11 bits per heavy atom. The fourth-order valence-electron chi connectivity index (χ4n) is 2.99. The third kappa shape index (κ3) is 4.19. The lowest BCUT2D eigenvalue weighted by Gasteiger charge is -2.42. The summed E-state index contributed by atoms with van der Waals surface area (Å²) in [4.78, 5) is 7.58. The molecule has 2 unspecified atom stereocenters. The summed E-state index contributed by atoms with van der Waals surface area (Å²) in [6.45, 7) is 10.9. The maximum atomic E-state index is 3.62. The highest BCUT2D eigenvalue weighted by Gasteiger charge is 2.26. The Balaban J connectivity index is 1.67. The maximum absolute atomic E-state index is 3.62. The SMILES string of the molecule is CC1CCC(N2CCN(CCN(C)C)CC2)CN1. The highest BCUT2D eigenvalue weighted by atomic mass is 15.3. The normalized spacial score (nSPS) is 32.0. The van der Waals surface area contributed by atoms with Crippen molar-refractivity contribution in [2.75, 3.05) is 59.9 Å². The van der Waals surface area contributed by atoms with Crippen molar-refractivity contribution >= 4 is 0 Å². The van der Waals surface area contributed by atoms with Gasteiger partial charge in [0, 0.05) is 57.9 Å². The Bertz CT molecular complexity index is 228. The zero-order valence-electron chi connectivity index (χ0n) is 12.4. The van der Waals surface area contributed by atoms with Gasteiger partial charge in [0.1, 0.15) is 0 Å². The summed E-state index contributed by atoms with van der Waals surface area (Å²) >= 11 is 0. The third-order valence-corrected chi connectivity index (χ3v) is 4.42. The molecule has 0 aromatic rings. The van der Waals surface area contributed by atoms with Gasteiger partial charge < -0.3 is 10.2 Å². The lowest BCUT2D eigenvalue weighted by atomic mass is 10.00. The Labute approximate surface area is 112 Å². The van der Waals surface area contributed by atoms with E-state index in [2.05, 4.69) is 41.0 Å². The predicted molar refractivity (Wildman–Crippen MR) is 77.1 cm³/mol. The van der Waals surface area contributed by atoms with E-state index in [1.807, 2.05) is 0 Å². The van der Waals surface area contributed by atoms with Crippen molar-refractivity contribution in [2.45, 2.75) is 31.8 Å². The van der Waals surface area contributed by atoms with Gasteiger partial charge in [-0.2, -0.15) is 0 Å². The molecule has 1 N–H and O–H groups in total. The summed E-state index contributed by atoms with van der Waals surface area (Å²) < 4.78 is 0. The van der Waals surface area contributed by atoms with E-state index in [1.165, 1.54) is 58.7 Å². The number of likely N-dealkylation sites (N-methyl/N-ethyl adjacent to an activating group) is 1. The average Bonchev–Trinajstić information content (AvgIpc) is 2.38. The second kappa shape index (κ2) is 6.85. The second-order valence-corrected chi connectivity index (χ2v) is 6.22. The van der Waals surface area contributed by atoms with Crippen LogP contribution in [-0.4, -0.2) is 86.7 Å². The third-order valence-electron chi connectivity index (χ3n) is 4.42. The van der Waals surface area contributed by atoms with Gasteiger partial charge in [0.05, 0.1) is 0 Å². The smallest absolute Gasteiger partial charge is 0.0222 e. The maximum Gasteiger partial charge on any atom is 0.0222 e. The summed E-state index contributed by atoms with van der Waals surface area (Å²) in [5.74, 6) is 0. The molecule has 0 saturated carbocycles. The van der Waals surface area contributed by atoms with Crippen molar-refractivity contribution in [1.29, 1.82) is 0 Å². The first-order valence-electron chi connectivity index (χ1n) is 7.49. The minimum atomic E-state index is 0.725. The molecule has 4 nitrogen and oxygen atoms in total. The molecule has 2 saturated heterocycles. The van der Waals surface area contributed by atoms with Crippen LogP contribution < -0.4 is 5.32 Å². The minimum Gasteiger partial charge on any atom is -0.313 e. The number of hydrogen-bond acceptors (Lipinski definition) is 4. The van der Waals surface area contributed by atoms with Crippen LogP contribution in [0, 0.1) is 0 Å². The first kappa shape index (κ1) is 14.3. The van der Waals surface area contributed by atoms with E-state index in [4.69, 9.17) is 0 Å². The van der Waals surface area contributed by atoms with Crippen LogP contribution in [0.3, 0.4) is 0 Å². The van der Waals surface area contributed by atoms with E-state index < -0.39 is 0 Å². The average molecular weight is 254 g/mol. The van der Waals surface area contributed by atoms with Crippen molar-refractivity contribution in [3.8, 4) is 0 Å². The molecule has 0 aromatic heterocycles. The molecular formula is C14H30N4. The van der Waals surface area contributed by atoms with Crippen molar-refractivity contribution in [1.82, 2.24) is 20.0 Å². The minimum absolute atomic E-state index is 0.725. The van der Waals surface area contributed by atoms with Crippen LogP contribution in [0.25, 0.3) is 0 Å². The van der Waals surface area contributed by atoms with E-state index in [0.29, 0.717) is 0 Å². The molecule has 106 valence electrons. The summed E-state index contributed by atoms with van der Waals surface area (Å²) in [7, 11) is 4.32. The quantitative estimate of drug-likeness (QED) is 0.779. The van der Waals surface area contributed by atoms with Gasteiger partial charge in [0.15, 0.2) is 0 Å². The fourth-order valence-corrected chi connectivity index (χ4v) is 2.99. The lowest BCUT2D eigenvalue weighted by Crippen LogP contribution is -2.56. The molecule has 0 aliphatic carbocycles. The van der Waals surface area contributed by atoms with Gasteiger partial charge in [-0.25, -0.2) is 0 Å². The van der Waals surface area contributed by atoms with Crippen LogP contribution in [0.2, 0.25) is 0 Å². The fraction of sp³-hybridized carbons (Fsp3) is 1.00. The molecule has 0 aromatic carbocycles. The van der Waals surface area contributed by atoms with Crippen molar-refractivity contribution in [3.05, 3.63) is 0 Å². The molecule has 0 bridgehead atoms. The summed E-state index contributed by atoms with van der Waals surface area (Å²) in [6.07, 6.45) is 2.72. The first-order chi connectivity index (χ1) is 8.65. The molecule has 2 heterocycles. The van der Waals surface area contributed by atoms with E-state index >= 15 is 0 Å². The number of nitrogens with zero attached hydrogens (tertiary/aromatic N) is 3. The second-order valence-electron chi connectivity index (χ2n) is 6.22. The Morgan fingerprint density at radius 2 is 1.83 bits per heavy atom. The molecule has 2 fully saturated rings. The van der Waals surface area contributed by atoms with Crippen LogP contribution in [-0.2, 0) is 0 Å². The van der Waals surface area contributed by atoms with Crippen LogP contribution in [0.4, 0.5) is 0 Å². The lowest BCUT2D eigenvalue weighted by molar-refractivity contribution is 0.0765. The number of nitrogens with one attached hydrogen (secondary N) is 1. The highest BCUT2D eigenvalue weighted by molar-refractivity contribution is 4.85. The van der Waals surface area contributed by atoms with Crippen LogP contribution in [0.15, 0.2) is 0 Å². The Kier molecular flexibility index (Phi) is 5.42. The van der Waals surface area contributed by atoms with E-state index in [9.17, 15) is 0 Å². The number of hydrogen-bond donors (Lipinski definition) is 1. The molecular weight excluding hydrogens is 224 g/mol. The molecule has 2 aliphatic rings. The van der Waals surface area contributed by atoms with Gasteiger partial charge in [-0.1, -0.05) is 0 Å². The van der Waals surface area contributed by atoms with E-state index in [0.717, 1.165) is 12.1 Å². The first-order valence-corrected chi connectivity index (χ1v) is 7.49. The van der Waals surface area contributed by atoms with Gasteiger partial charge in [0.2, 0.25) is 0 Å². The van der Waals surface area contributed by atoms with Crippen molar-refractivity contribution in [3.63, 3.8) is 0 Å². The number of piperazine rings is 1. The standard InChI is InChI=1S/C14H30N4/c1-13-4-5-14(12-15-13)18-10-8-17(9-11-18)7-6-16(2)3/h13-15H,4-12H2,1-3H3. The topological polar surface area (TPSA) is 21.8 Å². The van der Waals surface area contributed by atoms with Crippen molar-refractivity contribution in [2.24, 2.45) is 0 Å². The van der Waals surface area contributed by atoms with Gasteiger partial charge in [0.25, 0.3) is 0 Å². The highest BCUT2D eigenvalue weighted by Crippen LogP contribution is 2.15. The molecule has 0 amide bonds. The van der Waals surface area contributed by atoms with Gasteiger partial charge in [-0.3, -0.25) is 9.80 Å². The molecule has 4 heteroatoms. The largest absolute Gasteiger partial charge is 0.313 e. The predicted octanol–water partition coefficient (Wildman–Crippen LogP) is 0.306. The summed E-state index contributed by atoms with van der Waals surface area (Å²) in [6, 6.07) is 1.51. The molecule has 2 atom stereocenters. The van der Waals surface area contributed by atoms with Gasteiger partial charge in [-0.05, 0) is 33.9 Å². The summed E-state index contributed by atoms with van der Waals surface area (Å²) in [5, 5.41) is 3.62. The zero-order valence-corrected chi connectivity index (χ0v) is 12.4. The van der Waals surface area contributed by atoms with Crippen LogP contribution in [0.5, 0.6) is 0 Å². The number of rotatable bonds is 4. The Morgan fingerprint density at radius 3 is 2.39 bits per heavy atom. The van der Waals surface area contributed by atoms with Gasteiger partial charge >= 0.3 is 0 Å². The van der Waals surface area contributed by atoms with Crippen LogP contribution >= 0.6 is 0 Å².